The Morgan fingerprint density at radius 3 is 2.91 bits per heavy atom. The highest BCUT2D eigenvalue weighted by Crippen LogP contribution is 2.39. The first-order chi connectivity index (χ1) is 10.8. The third-order valence-electron chi connectivity index (χ3n) is 3.57. The summed E-state index contributed by atoms with van der Waals surface area (Å²) in [4.78, 5) is 16.7. The molecule has 3 heterocycles. The molecule has 0 spiro atoms. The second kappa shape index (κ2) is 5.45. The van der Waals surface area contributed by atoms with Crippen LogP contribution in [0.2, 0.25) is 0 Å². The van der Waals surface area contributed by atoms with Crippen LogP contribution in [-0.2, 0) is 6.42 Å². The van der Waals surface area contributed by atoms with Gasteiger partial charge in [0.05, 0.1) is 0 Å². The molecule has 7 nitrogen and oxygen atoms in total. The Kier molecular flexibility index (Phi) is 3.30. The summed E-state index contributed by atoms with van der Waals surface area (Å²) in [5.41, 5.74) is 0.615. The van der Waals surface area contributed by atoms with E-state index in [4.69, 9.17) is 0 Å². The fourth-order valence-corrected chi connectivity index (χ4v) is 3.10. The number of hydrogen-bond donors (Lipinski definition) is 1. The van der Waals surface area contributed by atoms with E-state index >= 15 is 0 Å². The molecule has 3 aromatic heterocycles. The lowest BCUT2D eigenvalue weighted by Gasteiger charge is -2.02. The van der Waals surface area contributed by atoms with Gasteiger partial charge in [0.25, 0.3) is 5.91 Å². The van der Waals surface area contributed by atoms with E-state index in [1.54, 1.807) is 24.5 Å². The smallest absolute Gasteiger partial charge is 0.251 e. The van der Waals surface area contributed by atoms with E-state index in [1.807, 2.05) is 4.52 Å². The van der Waals surface area contributed by atoms with Gasteiger partial charge in [-0.1, -0.05) is 11.3 Å². The van der Waals surface area contributed by atoms with Gasteiger partial charge < -0.3 is 5.32 Å². The van der Waals surface area contributed by atoms with Crippen LogP contribution in [0.5, 0.6) is 0 Å². The maximum atomic E-state index is 11.9. The zero-order valence-electron chi connectivity index (χ0n) is 11.8. The van der Waals surface area contributed by atoms with Crippen LogP contribution in [0.1, 0.15) is 39.9 Å². The molecule has 1 N–H and O–H groups in total. The standard InChI is InChI=1S/C14H14N6OS/c21-13(10-3-6-15-7-4-10)16-8-5-11-19-20-12(9-1-2-9)17-18-14(20)22-11/h3-4,6-7,9H,1-2,5,8H2,(H,16,21). The monoisotopic (exact) mass is 314 g/mol. The Hall–Kier alpha value is -2.35. The van der Waals surface area contributed by atoms with Gasteiger partial charge in [-0.25, -0.2) is 0 Å². The molecule has 1 amide bonds. The second-order valence-corrected chi connectivity index (χ2v) is 6.30. The SMILES string of the molecule is O=C(NCCc1nn2c(C3CC3)nnc2s1)c1ccncc1. The molecular weight excluding hydrogens is 300 g/mol. The van der Waals surface area contributed by atoms with E-state index in [2.05, 4.69) is 25.6 Å². The molecule has 8 heteroatoms. The number of rotatable bonds is 5. The summed E-state index contributed by atoms with van der Waals surface area (Å²) in [6.07, 6.45) is 6.26. The molecule has 4 rings (SSSR count). The number of fused-ring (bicyclic) bond motifs is 1. The molecule has 0 bridgehead atoms. The highest BCUT2D eigenvalue weighted by Gasteiger charge is 2.29. The third kappa shape index (κ3) is 2.57. The largest absolute Gasteiger partial charge is 0.352 e. The predicted octanol–water partition coefficient (Wildman–Crippen LogP) is 1.43. The Bertz CT molecular complexity index is 807. The van der Waals surface area contributed by atoms with Crippen LogP contribution in [0.25, 0.3) is 4.96 Å². The van der Waals surface area contributed by atoms with E-state index < -0.39 is 0 Å². The highest BCUT2D eigenvalue weighted by molar-refractivity contribution is 7.16. The molecule has 1 fully saturated rings. The van der Waals surface area contributed by atoms with Crippen molar-refractivity contribution in [3.05, 3.63) is 40.9 Å². The first-order valence-corrected chi connectivity index (χ1v) is 8.02. The molecular formula is C14H14N6OS. The van der Waals surface area contributed by atoms with Gasteiger partial charge in [0, 0.05) is 36.8 Å². The average molecular weight is 314 g/mol. The summed E-state index contributed by atoms with van der Waals surface area (Å²) >= 11 is 1.53. The van der Waals surface area contributed by atoms with E-state index in [0.29, 0.717) is 24.4 Å². The number of pyridine rings is 1. The summed E-state index contributed by atoms with van der Waals surface area (Å²) in [6.45, 7) is 0.546. The quantitative estimate of drug-likeness (QED) is 0.770. The number of amides is 1. The third-order valence-corrected chi connectivity index (χ3v) is 4.52. The van der Waals surface area contributed by atoms with Crippen molar-refractivity contribution in [1.82, 2.24) is 30.1 Å². The second-order valence-electron chi connectivity index (χ2n) is 5.26. The van der Waals surface area contributed by atoms with Gasteiger partial charge in [-0.2, -0.15) is 9.61 Å². The first kappa shape index (κ1) is 13.3. The number of carbonyl (C=O) groups is 1. The van der Waals surface area contributed by atoms with Crippen LogP contribution >= 0.6 is 11.3 Å². The van der Waals surface area contributed by atoms with Crippen LogP contribution < -0.4 is 5.32 Å². The lowest BCUT2D eigenvalue weighted by atomic mass is 10.2. The van der Waals surface area contributed by atoms with Gasteiger partial charge in [-0.15, -0.1) is 10.2 Å². The van der Waals surface area contributed by atoms with Crippen molar-refractivity contribution in [2.24, 2.45) is 0 Å². The zero-order chi connectivity index (χ0) is 14.9. The summed E-state index contributed by atoms with van der Waals surface area (Å²) in [7, 11) is 0. The molecule has 1 saturated carbocycles. The van der Waals surface area contributed by atoms with Crippen LogP contribution in [0.4, 0.5) is 0 Å². The lowest BCUT2D eigenvalue weighted by molar-refractivity contribution is 0.0954. The van der Waals surface area contributed by atoms with E-state index in [0.717, 1.165) is 15.8 Å². The molecule has 0 saturated heterocycles. The topological polar surface area (TPSA) is 85.1 Å². The van der Waals surface area contributed by atoms with E-state index in [9.17, 15) is 4.79 Å². The minimum absolute atomic E-state index is 0.0935. The molecule has 0 atom stereocenters. The summed E-state index contributed by atoms with van der Waals surface area (Å²) < 4.78 is 1.85. The number of aromatic nitrogens is 5. The Morgan fingerprint density at radius 1 is 1.32 bits per heavy atom. The maximum absolute atomic E-state index is 11.9. The first-order valence-electron chi connectivity index (χ1n) is 7.20. The molecule has 3 aromatic rings. The van der Waals surface area contributed by atoms with Crippen LogP contribution in [0.15, 0.2) is 24.5 Å². The molecule has 0 aliphatic heterocycles. The summed E-state index contributed by atoms with van der Waals surface area (Å²) in [5.74, 6) is 1.40. The van der Waals surface area contributed by atoms with E-state index in [-0.39, 0.29) is 5.91 Å². The molecule has 1 aliphatic carbocycles. The maximum Gasteiger partial charge on any atom is 0.251 e. The number of nitrogens with one attached hydrogen (secondary N) is 1. The molecule has 1 aliphatic rings. The van der Waals surface area contributed by atoms with Crippen molar-refractivity contribution in [3.63, 3.8) is 0 Å². The van der Waals surface area contributed by atoms with Gasteiger partial charge in [0.2, 0.25) is 4.96 Å². The molecule has 0 unspecified atom stereocenters. The fraction of sp³-hybridized carbons (Fsp3) is 0.357. The van der Waals surface area contributed by atoms with Crippen LogP contribution in [-0.4, -0.2) is 37.2 Å². The zero-order valence-corrected chi connectivity index (χ0v) is 12.6. The number of carbonyl (C=O) groups excluding carboxylic acids is 1. The van der Waals surface area contributed by atoms with Gasteiger partial charge in [0.15, 0.2) is 5.82 Å². The van der Waals surface area contributed by atoms with E-state index in [1.165, 1.54) is 24.2 Å². The van der Waals surface area contributed by atoms with Crippen molar-refractivity contribution in [2.75, 3.05) is 6.54 Å². The lowest BCUT2D eigenvalue weighted by Crippen LogP contribution is -2.25. The minimum atomic E-state index is -0.0935. The summed E-state index contributed by atoms with van der Waals surface area (Å²) in [5, 5.41) is 16.8. The van der Waals surface area contributed by atoms with Crippen molar-refractivity contribution in [1.29, 1.82) is 0 Å². The molecule has 22 heavy (non-hydrogen) atoms. The Morgan fingerprint density at radius 2 is 2.14 bits per heavy atom. The predicted molar refractivity (Wildman–Crippen MR) is 80.9 cm³/mol. The van der Waals surface area contributed by atoms with Crippen LogP contribution in [0.3, 0.4) is 0 Å². The number of hydrogen-bond acceptors (Lipinski definition) is 6. The highest BCUT2D eigenvalue weighted by atomic mass is 32.1. The van der Waals surface area contributed by atoms with Gasteiger partial charge in [-0.3, -0.25) is 9.78 Å². The molecule has 0 aromatic carbocycles. The van der Waals surface area contributed by atoms with Gasteiger partial charge in [0.1, 0.15) is 5.01 Å². The van der Waals surface area contributed by atoms with Crippen molar-refractivity contribution >= 4 is 22.2 Å². The van der Waals surface area contributed by atoms with Crippen molar-refractivity contribution < 1.29 is 4.79 Å². The van der Waals surface area contributed by atoms with Gasteiger partial charge in [-0.05, 0) is 25.0 Å². The molecule has 0 radical (unpaired) electrons. The fourth-order valence-electron chi connectivity index (χ4n) is 2.26. The average Bonchev–Trinajstić information content (AvgIpc) is 3.19. The van der Waals surface area contributed by atoms with Crippen molar-refractivity contribution in [3.8, 4) is 0 Å². The van der Waals surface area contributed by atoms with Crippen molar-refractivity contribution in [2.45, 2.75) is 25.2 Å². The normalized spacial score (nSPS) is 14.4. The van der Waals surface area contributed by atoms with Gasteiger partial charge >= 0.3 is 0 Å². The Labute approximate surface area is 130 Å². The summed E-state index contributed by atoms with van der Waals surface area (Å²) in [6, 6.07) is 3.39. The number of nitrogens with zero attached hydrogens (tertiary/aromatic N) is 5. The Balaban J connectivity index is 1.38. The molecule has 112 valence electrons. The minimum Gasteiger partial charge on any atom is -0.352 e. The van der Waals surface area contributed by atoms with Crippen LogP contribution in [0, 0.1) is 0 Å².